The number of piperazine rings is 1. The summed E-state index contributed by atoms with van der Waals surface area (Å²) in [5, 5.41) is 4.78. The number of piperidine rings is 1. The van der Waals surface area contributed by atoms with Gasteiger partial charge in [-0.25, -0.2) is 4.79 Å². The molecule has 3 aliphatic heterocycles. The van der Waals surface area contributed by atoms with Gasteiger partial charge < -0.3 is 29.7 Å². The number of fused-ring (bicyclic) bond motifs is 2. The number of anilines is 1. The van der Waals surface area contributed by atoms with Gasteiger partial charge in [0.1, 0.15) is 6.61 Å². The highest BCUT2D eigenvalue weighted by Gasteiger charge is 2.37. The number of likely N-dealkylation sites (tertiary alicyclic amines) is 1. The number of halogens is 1. The van der Waals surface area contributed by atoms with Crippen LogP contribution in [0.2, 0.25) is 5.02 Å². The van der Waals surface area contributed by atoms with Gasteiger partial charge in [0.2, 0.25) is 5.91 Å². The molecule has 0 saturated carbocycles. The van der Waals surface area contributed by atoms with Gasteiger partial charge in [-0.05, 0) is 24.6 Å². The number of benzene rings is 1. The maximum absolute atomic E-state index is 13.0. The molecular formula is C20H24ClN5O3. The van der Waals surface area contributed by atoms with Crippen LogP contribution in [-0.4, -0.2) is 84.7 Å². The van der Waals surface area contributed by atoms with Gasteiger partial charge in [-0.2, -0.15) is 0 Å². The third-order valence-corrected chi connectivity index (χ3v) is 6.34. The first-order chi connectivity index (χ1) is 14.1. The Morgan fingerprint density at radius 2 is 1.97 bits per heavy atom. The summed E-state index contributed by atoms with van der Waals surface area (Å²) in [4.78, 5) is 33.9. The number of amides is 3. The van der Waals surface area contributed by atoms with E-state index in [1.807, 2.05) is 34.2 Å². The fourth-order valence-corrected chi connectivity index (χ4v) is 4.72. The van der Waals surface area contributed by atoms with Gasteiger partial charge in [0, 0.05) is 61.4 Å². The molecular weight excluding hydrogens is 394 g/mol. The zero-order chi connectivity index (χ0) is 20.0. The van der Waals surface area contributed by atoms with Gasteiger partial charge in [0.05, 0.1) is 17.8 Å². The molecule has 5 rings (SSSR count). The Bertz CT molecular complexity index is 939. The largest absolute Gasteiger partial charge is 0.366 e. The van der Waals surface area contributed by atoms with Gasteiger partial charge in [0.25, 0.3) is 0 Å². The highest BCUT2D eigenvalue weighted by atomic mass is 35.5. The number of carbonyl (C=O) groups is 2. The summed E-state index contributed by atoms with van der Waals surface area (Å²) in [6.45, 7) is 4.17. The van der Waals surface area contributed by atoms with Crippen LogP contribution in [0.15, 0.2) is 24.4 Å². The van der Waals surface area contributed by atoms with E-state index in [9.17, 15) is 9.59 Å². The van der Waals surface area contributed by atoms with E-state index in [-0.39, 0.29) is 30.7 Å². The Labute approximate surface area is 173 Å². The van der Waals surface area contributed by atoms with Crippen LogP contribution in [0.4, 0.5) is 10.5 Å². The molecule has 2 aromatic rings. The summed E-state index contributed by atoms with van der Waals surface area (Å²) < 4.78 is 5.58. The monoisotopic (exact) mass is 417 g/mol. The Hall–Kier alpha value is -2.45. The first-order valence-electron chi connectivity index (χ1n) is 10.0. The third-order valence-electron chi connectivity index (χ3n) is 6.11. The van der Waals surface area contributed by atoms with E-state index in [0.717, 1.165) is 36.1 Å². The number of nitrogens with zero attached hydrogens (tertiary/aromatic N) is 3. The van der Waals surface area contributed by atoms with Crippen LogP contribution >= 0.6 is 11.6 Å². The molecule has 0 spiro atoms. The number of H-pyrrole nitrogens is 1. The molecule has 3 saturated heterocycles. The number of urea groups is 1. The number of rotatable bonds is 1. The predicted molar refractivity (Wildman–Crippen MR) is 110 cm³/mol. The highest BCUT2D eigenvalue weighted by molar-refractivity contribution is 6.31. The molecule has 154 valence electrons. The zero-order valence-electron chi connectivity index (χ0n) is 16.1. The van der Waals surface area contributed by atoms with Crippen LogP contribution in [0.25, 0.3) is 10.9 Å². The van der Waals surface area contributed by atoms with E-state index in [1.54, 1.807) is 0 Å². The molecule has 9 heteroatoms. The molecule has 3 amide bonds. The number of carbonyl (C=O) groups excluding carboxylic acids is 2. The lowest BCUT2D eigenvalue weighted by Gasteiger charge is -2.44. The lowest BCUT2D eigenvalue weighted by Crippen LogP contribution is -2.63. The van der Waals surface area contributed by atoms with Crippen molar-refractivity contribution in [2.75, 3.05) is 50.8 Å². The van der Waals surface area contributed by atoms with Gasteiger partial charge in [-0.3, -0.25) is 4.79 Å². The molecule has 3 fully saturated rings. The van der Waals surface area contributed by atoms with Crippen molar-refractivity contribution < 1.29 is 14.3 Å². The molecule has 1 aromatic carbocycles. The van der Waals surface area contributed by atoms with Gasteiger partial charge in [0.15, 0.2) is 0 Å². The summed E-state index contributed by atoms with van der Waals surface area (Å²) in [5.41, 5.74) is 2.18. The maximum atomic E-state index is 13.0. The molecule has 3 aliphatic rings. The minimum absolute atomic E-state index is 0.0160. The van der Waals surface area contributed by atoms with Crippen molar-refractivity contribution in [3.8, 4) is 0 Å². The van der Waals surface area contributed by atoms with Crippen molar-refractivity contribution in [1.82, 2.24) is 20.1 Å². The van der Waals surface area contributed by atoms with E-state index in [2.05, 4.69) is 15.2 Å². The summed E-state index contributed by atoms with van der Waals surface area (Å²) in [5.74, 6) is -0.104. The first kappa shape index (κ1) is 18.6. The SMILES string of the molecule is O=C1COC2CCN(C(=O)N3CCN(c4c[nH]c5ccc(Cl)cc45)CC3)C[C@H]2N1. The Kier molecular flexibility index (Phi) is 4.75. The van der Waals surface area contributed by atoms with Crippen LogP contribution in [0.5, 0.6) is 0 Å². The topological polar surface area (TPSA) is 80.9 Å². The molecule has 1 aromatic heterocycles. The quantitative estimate of drug-likeness (QED) is 0.739. The van der Waals surface area contributed by atoms with Gasteiger partial charge in [-0.1, -0.05) is 11.6 Å². The van der Waals surface area contributed by atoms with E-state index in [1.165, 1.54) is 0 Å². The molecule has 0 radical (unpaired) electrons. The predicted octanol–water partition coefficient (Wildman–Crippen LogP) is 1.65. The summed E-state index contributed by atoms with van der Waals surface area (Å²) >= 11 is 6.17. The average Bonchev–Trinajstić information content (AvgIpc) is 3.16. The normalized spacial score (nSPS) is 25.1. The fraction of sp³-hybridized carbons (Fsp3) is 0.500. The molecule has 4 heterocycles. The van der Waals surface area contributed by atoms with E-state index in [4.69, 9.17) is 16.3 Å². The summed E-state index contributed by atoms with van der Waals surface area (Å²) in [6, 6.07) is 5.78. The smallest absolute Gasteiger partial charge is 0.320 e. The standard InChI is InChI=1S/C20H24ClN5O3/c21-13-1-2-15-14(9-13)17(10-22-15)24-5-7-25(8-6-24)20(28)26-4-3-18-16(11-26)23-19(27)12-29-18/h1-2,9-10,16,18,22H,3-8,11-12H2,(H,23,27)/t16-,18?/m1/s1. The lowest BCUT2D eigenvalue weighted by atomic mass is 10.0. The van der Waals surface area contributed by atoms with Crippen LogP contribution in [0.3, 0.4) is 0 Å². The second-order valence-corrected chi connectivity index (χ2v) is 8.32. The number of hydrogen-bond acceptors (Lipinski definition) is 4. The van der Waals surface area contributed by atoms with Crippen LogP contribution < -0.4 is 10.2 Å². The molecule has 0 aliphatic carbocycles. The van der Waals surface area contributed by atoms with Crippen LogP contribution in [0, 0.1) is 0 Å². The van der Waals surface area contributed by atoms with Crippen LogP contribution in [0.1, 0.15) is 6.42 Å². The number of hydrogen-bond donors (Lipinski definition) is 2. The number of morpholine rings is 1. The minimum Gasteiger partial charge on any atom is -0.366 e. The average molecular weight is 418 g/mol. The summed E-state index contributed by atoms with van der Waals surface area (Å²) in [6.07, 6.45) is 2.78. The first-order valence-corrected chi connectivity index (χ1v) is 10.4. The fourth-order valence-electron chi connectivity index (χ4n) is 4.55. The van der Waals surface area contributed by atoms with Gasteiger partial charge >= 0.3 is 6.03 Å². The maximum Gasteiger partial charge on any atom is 0.320 e. The van der Waals surface area contributed by atoms with Gasteiger partial charge in [-0.15, -0.1) is 0 Å². The lowest BCUT2D eigenvalue weighted by molar-refractivity contribution is -0.139. The molecule has 29 heavy (non-hydrogen) atoms. The van der Waals surface area contributed by atoms with Crippen molar-refractivity contribution >= 4 is 40.1 Å². The molecule has 8 nitrogen and oxygen atoms in total. The second-order valence-electron chi connectivity index (χ2n) is 7.88. The Morgan fingerprint density at radius 3 is 2.79 bits per heavy atom. The van der Waals surface area contributed by atoms with Crippen LogP contribution in [-0.2, 0) is 9.53 Å². The van der Waals surface area contributed by atoms with Crippen molar-refractivity contribution in [2.24, 2.45) is 0 Å². The molecule has 2 atom stereocenters. The minimum atomic E-state index is -0.105. The molecule has 0 bridgehead atoms. The van der Waals surface area contributed by atoms with E-state index in [0.29, 0.717) is 31.2 Å². The summed E-state index contributed by atoms with van der Waals surface area (Å²) in [7, 11) is 0. The zero-order valence-corrected chi connectivity index (χ0v) is 16.8. The third kappa shape index (κ3) is 3.51. The number of aromatic nitrogens is 1. The van der Waals surface area contributed by atoms with E-state index < -0.39 is 0 Å². The highest BCUT2D eigenvalue weighted by Crippen LogP contribution is 2.30. The van der Waals surface area contributed by atoms with E-state index >= 15 is 0 Å². The number of nitrogens with one attached hydrogen (secondary N) is 2. The second kappa shape index (κ2) is 7.42. The number of aromatic amines is 1. The number of ether oxygens (including phenoxy) is 1. The van der Waals surface area contributed by atoms with Crippen molar-refractivity contribution in [1.29, 1.82) is 0 Å². The van der Waals surface area contributed by atoms with Crippen molar-refractivity contribution in [2.45, 2.75) is 18.6 Å². The Balaban J connectivity index is 1.22. The molecule has 2 N–H and O–H groups in total. The van der Waals surface area contributed by atoms with Crippen molar-refractivity contribution in [3.05, 3.63) is 29.4 Å². The van der Waals surface area contributed by atoms with Crippen molar-refractivity contribution in [3.63, 3.8) is 0 Å². The molecule has 1 unspecified atom stereocenters. The Morgan fingerprint density at radius 1 is 1.14 bits per heavy atom.